The summed E-state index contributed by atoms with van der Waals surface area (Å²) in [6, 6.07) is 10.8. The summed E-state index contributed by atoms with van der Waals surface area (Å²) in [7, 11) is 1.57. The fraction of sp³-hybridized carbons (Fsp3) is 0.500. The molecule has 0 aliphatic carbocycles. The molecule has 1 aromatic carbocycles. The summed E-state index contributed by atoms with van der Waals surface area (Å²) in [5, 5.41) is 9.32. The average molecular weight is 482 g/mol. The number of hydrogen-bond donors (Lipinski definition) is 3. The molecule has 2 amide bonds. The Morgan fingerprint density at radius 2 is 1.94 bits per heavy atom. The first-order valence-electron chi connectivity index (χ1n) is 12.4. The van der Waals surface area contributed by atoms with Crippen molar-refractivity contribution in [1.29, 1.82) is 0 Å². The summed E-state index contributed by atoms with van der Waals surface area (Å²) in [4.78, 5) is 32.2. The fourth-order valence-electron chi connectivity index (χ4n) is 4.47. The van der Waals surface area contributed by atoms with Gasteiger partial charge in [-0.15, -0.1) is 0 Å². The Kier molecular flexibility index (Phi) is 8.91. The van der Waals surface area contributed by atoms with Crippen LogP contribution < -0.4 is 25.4 Å². The number of methoxy groups -OCH3 is 1. The van der Waals surface area contributed by atoms with E-state index in [4.69, 9.17) is 9.47 Å². The van der Waals surface area contributed by atoms with Gasteiger partial charge in [0.05, 0.1) is 18.8 Å². The van der Waals surface area contributed by atoms with Gasteiger partial charge < -0.3 is 25.4 Å². The number of rotatable bonds is 3. The molecule has 0 unspecified atom stereocenters. The van der Waals surface area contributed by atoms with E-state index in [1.807, 2.05) is 24.4 Å². The summed E-state index contributed by atoms with van der Waals surface area (Å²) in [5.74, 6) is 0.922. The molecule has 2 aliphatic rings. The SMILES string of the molecule is COc1ccc2cc1O[C@@H]1CN[C@@H](C1)C(=O)NCCCCN(Cc1ccccn1)CCCNC2=O. The average Bonchev–Trinajstić information content (AvgIpc) is 3.34. The Hall–Kier alpha value is -3.17. The molecule has 2 atom stereocenters. The van der Waals surface area contributed by atoms with Crippen LogP contribution in [0.25, 0.3) is 0 Å². The second-order valence-electron chi connectivity index (χ2n) is 9.01. The van der Waals surface area contributed by atoms with Crippen molar-refractivity contribution in [2.24, 2.45) is 0 Å². The molecule has 9 heteroatoms. The maximum absolute atomic E-state index is 12.8. The molecule has 9 nitrogen and oxygen atoms in total. The summed E-state index contributed by atoms with van der Waals surface area (Å²) < 4.78 is 11.6. The number of aromatic nitrogens is 1. The monoisotopic (exact) mass is 481 g/mol. The lowest BCUT2D eigenvalue weighted by molar-refractivity contribution is -0.122. The van der Waals surface area contributed by atoms with Gasteiger partial charge in [-0.05, 0) is 56.1 Å². The van der Waals surface area contributed by atoms with Crippen molar-refractivity contribution in [2.75, 3.05) is 39.8 Å². The molecule has 2 aromatic rings. The third-order valence-electron chi connectivity index (χ3n) is 6.38. The van der Waals surface area contributed by atoms with Crippen LogP contribution in [0.2, 0.25) is 0 Å². The van der Waals surface area contributed by atoms with Crippen LogP contribution in [-0.4, -0.2) is 73.7 Å². The first-order valence-corrected chi connectivity index (χ1v) is 12.4. The predicted molar refractivity (Wildman–Crippen MR) is 133 cm³/mol. The summed E-state index contributed by atoms with van der Waals surface area (Å²) in [5.41, 5.74) is 1.54. The van der Waals surface area contributed by atoms with Crippen LogP contribution in [0.15, 0.2) is 42.6 Å². The third-order valence-corrected chi connectivity index (χ3v) is 6.38. The highest BCUT2D eigenvalue weighted by molar-refractivity contribution is 5.94. The lowest BCUT2D eigenvalue weighted by Gasteiger charge is -2.22. The van der Waals surface area contributed by atoms with E-state index in [0.29, 0.717) is 43.1 Å². The number of pyridine rings is 1. The topological polar surface area (TPSA) is 105 Å². The van der Waals surface area contributed by atoms with Crippen molar-refractivity contribution in [2.45, 2.75) is 44.4 Å². The number of ether oxygens (including phenoxy) is 2. The highest BCUT2D eigenvalue weighted by Gasteiger charge is 2.31. The molecule has 0 spiro atoms. The van der Waals surface area contributed by atoms with Crippen molar-refractivity contribution < 1.29 is 19.1 Å². The molecule has 35 heavy (non-hydrogen) atoms. The van der Waals surface area contributed by atoms with Crippen molar-refractivity contribution in [3.8, 4) is 11.5 Å². The maximum atomic E-state index is 12.8. The number of benzene rings is 1. The second kappa shape index (κ2) is 12.5. The van der Waals surface area contributed by atoms with Crippen LogP contribution >= 0.6 is 0 Å². The van der Waals surface area contributed by atoms with Gasteiger partial charge in [-0.3, -0.25) is 19.5 Å². The highest BCUT2D eigenvalue weighted by atomic mass is 16.5. The normalized spacial score (nSPS) is 22.7. The summed E-state index contributed by atoms with van der Waals surface area (Å²) in [6.07, 6.45) is 4.88. The number of nitrogens with one attached hydrogen (secondary N) is 3. The van der Waals surface area contributed by atoms with E-state index in [-0.39, 0.29) is 24.0 Å². The van der Waals surface area contributed by atoms with Crippen molar-refractivity contribution in [1.82, 2.24) is 25.8 Å². The fourth-order valence-corrected chi connectivity index (χ4v) is 4.47. The number of hydrogen-bond acceptors (Lipinski definition) is 7. The Balaban J connectivity index is 1.45. The summed E-state index contributed by atoms with van der Waals surface area (Å²) >= 11 is 0. The van der Waals surface area contributed by atoms with Gasteiger partial charge in [0.15, 0.2) is 11.5 Å². The Morgan fingerprint density at radius 3 is 2.77 bits per heavy atom. The van der Waals surface area contributed by atoms with Crippen LogP contribution in [0.5, 0.6) is 11.5 Å². The minimum atomic E-state index is -0.291. The van der Waals surface area contributed by atoms with E-state index in [2.05, 4.69) is 25.8 Å². The van der Waals surface area contributed by atoms with Gasteiger partial charge in [-0.1, -0.05) is 6.07 Å². The van der Waals surface area contributed by atoms with E-state index >= 15 is 0 Å². The lowest BCUT2D eigenvalue weighted by Crippen LogP contribution is -2.40. The van der Waals surface area contributed by atoms with Gasteiger partial charge in [0.1, 0.15) is 6.10 Å². The van der Waals surface area contributed by atoms with Gasteiger partial charge in [-0.2, -0.15) is 0 Å². The molecule has 4 bridgehead atoms. The van der Waals surface area contributed by atoms with Crippen LogP contribution in [-0.2, 0) is 11.3 Å². The molecule has 1 fully saturated rings. The molecule has 3 heterocycles. The molecule has 2 aliphatic heterocycles. The smallest absolute Gasteiger partial charge is 0.251 e. The van der Waals surface area contributed by atoms with Crippen LogP contribution in [0.4, 0.5) is 0 Å². The number of nitrogens with zero attached hydrogens (tertiary/aromatic N) is 2. The molecule has 3 N–H and O–H groups in total. The van der Waals surface area contributed by atoms with E-state index in [0.717, 1.165) is 44.6 Å². The van der Waals surface area contributed by atoms with Gasteiger partial charge in [0.25, 0.3) is 5.91 Å². The van der Waals surface area contributed by atoms with Crippen molar-refractivity contribution in [3.63, 3.8) is 0 Å². The third kappa shape index (κ3) is 7.16. The summed E-state index contributed by atoms with van der Waals surface area (Å²) in [6.45, 7) is 4.28. The van der Waals surface area contributed by atoms with E-state index in [1.165, 1.54) is 0 Å². The van der Waals surface area contributed by atoms with Crippen molar-refractivity contribution >= 4 is 11.8 Å². The van der Waals surface area contributed by atoms with Crippen molar-refractivity contribution in [3.05, 3.63) is 53.9 Å². The molecule has 4 rings (SSSR count). The molecular weight excluding hydrogens is 446 g/mol. The van der Waals surface area contributed by atoms with Crippen LogP contribution in [0.1, 0.15) is 41.7 Å². The number of carbonyl (C=O) groups is 2. The van der Waals surface area contributed by atoms with Gasteiger partial charge in [0, 0.05) is 50.9 Å². The zero-order chi connectivity index (χ0) is 24.5. The largest absolute Gasteiger partial charge is 0.493 e. The zero-order valence-electron chi connectivity index (χ0n) is 20.3. The lowest BCUT2D eigenvalue weighted by atomic mass is 10.1. The van der Waals surface area contributed by atoms with Gasteiger partial charge >= 0.3 is 0 Å². The number of amides is 2. The minimum Gasteiger partial charge on any atom is -0.493 e. The molecule has 1 aromatic heterocycles. The second-order valence-corrected chi connectivity index (χ2v) is 9.01. The molecule has 0 radical (unpaired) electrons. The minimum absolute atomic E-state index is 0.000508. The number of fused-ring (bicyclic) bond motifs is 4. The molecule has 0 saturated carbocycles. The highest BCUT2D eigenvalue weighted by Crippen LogP contribution is 2.30. The van der Waals surface area contributed by atoms with Crippen LogP contribution in [0, 0.1) is 0 Å². The number of carbonyl (C=O) groups excluding carboxylic acids is 2. The van der Waals surface area contributed by atoms with E-state index in [1.54, 1.807) is 25.3 Å². The van der Waals surface area contributed by atoms with Gasteiger partial charge in [0.2, 0.25) is 5.91 Å². The Bertz CT molecular complexity index is 987. The Labute approximate surface area is 206 Å². The molecule has 1 saturated heterocycles. The van der Waals surface area contributed by atoms with E-state index in [9.17, 15) is 9.59 Å². The quantitative estimate of drug-likeness (QED) is 0.613. The van der Waals surface area contributed by atoms with Gasteiger partial charge in [-0.25, -0.2) is 0 Å². The zero-order valence-corrected chi connectivity index (χ0v) is 20.3. The van der Waals surface area contributed by atoms with E-state index < -0.39 is 0 Å². The Morgan fingerprint density at radius 1 is 1.09 bits per heavy atom. The van der Waals surface area contributed by atoms with Crippen LogP contribution in [0.3, 0.4) is 0 Å². The first-order chi connectivity index (χ1) is 17.1. The predicted octanol–water partition coefficient (Wildman–Crippen LogP) is 1.73. The maximum Gasteiger partial charge on any atom is 0.251 e. The molecular formula is C26H35N5O4. The molecule has 188 valence electrons. The first kappa shape index (κ1) is 24.9. The standard InChI is InChI=1S/C26H35N5O4/c1-34-23-9-8-19-15-24(23)35-21-16-22(30-17-21)26(33)29-11-4-5-13-31(14-6-12-28-25(19)32)18-20-7-2-3-10-27-20/h2-3,7-10,15,21-22,30H,4-6,11-14,16-18H2,1H3,(H,28,32)(H,29,33)/t21-,22-/m0/s1.